The molecule has 3 heteroatoms. The van der Waals surface area contributed by atoms with Crippen LogP contribution in [0.3, 0.4) is 0 Å². The zero-order valence-corrected chi connectivity index (χ0v) is 13.0. The summed E-state index contributed by atoms with van der Waals surface area (Å²) in [6.45, 7) is 5.07. The Labute approximate surface area is 128 Å². The summed E-state index contributed by atoms with van der Waals surface area (Å²) >= 11 is 1.75. The van der Waals surface area contributed by atoms with Crippen molar-refractivity contribution in [2.24, 2.45) is 0 Å². The van der Waals surface area contributed by atoms with E-state index in [1.54, 1.807) is 17.4 Å². The first-order valence-corrected chi connectivity index (χ1v) is 8.04. The van der Waals surface area contributed by atoms with Gasteiger partial charge in [-0.2, -0.15) is 0 Å². The number of benzene rings is 2. The molecule has 1 aromatic heterocycles. The number of halogens is 1. The third-order valence-corrected chi connectivity index (χ3v) is 4.59. The predicted octanol–water partition coefficient (Wildman–Crippen LogP) is 5.05. The smallest absolute Gasteiger partial charge is 0.131 e. The van der Waals surface area contributed by atoms with Gasteiger partial charge in [-0.1, -0.05) is 37.3 Å². The summed E-state index contributed by atoms with van der Waals surface area (Å²) in [7, 11) is 0. The molecule has 0 spiro atoms. The van der Waals surface area contributed by atoms with E-state index in [0.717, 1.165) is 17.5 Å². The number of nitrogens with one attached hydrogen (secondary N) is 1. The van der Waals surface area contributed by atoms with Crippen LogP contribution in [0.2, 0.25) is 0 Å². The molecule has 1 heterocycles. The van der Waals surface area contributed by atoms with Gasteiger partial charge in [0, 0.05) is 10.3 Å². The lowest BCUT2D eigenvalue weighted by atomic mass is 9.94. The van der Waals surface area contributed by atoms with Gasteiger partial charge in [-0.3, -0.25) is 0 Å². The van der Waals surface area contributed by atoms with Gasteiger partial charge >= 0.3 is 0 Å². The zero-order chi connectivity index (χ0) is 14.8. The maximum atomic E-state index is 14.0. The molecule has 0 aliphatic rings. The van der Waals surface area contributed by atoms with Crippen LogP contribution in [0.25, 0.3) is 10.8 Å². The number of rotatable bonds is 4. The molecule has 0 saturated carbocycles. The SMILES string of the molecule is CCNC(c1csc(C)c1)c1ccc(F)c2ccccc12. The van der Waals surface area contributed by atoms with Gasteiger partial charge in [-0.25, -0.2) is 4.39 Å². The van der Waals surface area contributed by atoms with Crippen molar-refractivity contribution in [3.05, 3.63) is 69.7 Å². The van der Waals surface area contributed by atoms with Crippen LogP contribution in [-0.2, 0) is 0 Å². The summed E-state index contributed by atoms with van der Waals surface area (Å²) in [6, 6.07) is 13.5. The summed E-state index contributed by atoms with van der Waals surface area (Å²) in [5, 5.41) is 7.37. The molecular formula is C18H18FNS. The van der Waals surface area contributed by atoms with Crippen molar-refractivity contribution in [3.63, 3.8) is 0 Å². The van der Waals surface area contributed by atoms with Gasteiger partial charge < -0.3 is 5.32 Å². The van der Waals surface area contributed by atoms with Crippen molar-refractivity contribution in [2.45, 2.75) is 19.9 Å². The second-order valence-electron chi connectivity index (χ2n) is 5.16. The fourth-order valence-electron chi connectivity index (χ4n) is 2.76. The van der Waals surface area contributed by atoms with E-state index in [-0.39, 0.29) is 11.9 Å². The Morgan fingerprint density at radius 3 is 2.57 bits per heavy atom. The highest BCUT2D eigenvalue weighted by atomic mass is 32.1. The first-order valence-electron chi connectivity index (χ1n) is 7.16. The molecule has 0 amide bonds. The number of hydrogen-bond donors (Lipinski definition) is 1. The van der Waals surface area contributed by atoms with Crippen LogP contribution < -0.4 is 5.32 Å². The van der Waals surface area contributed by atoms with Crippen LogP contribution in [0.4, 0.5) is 4.39 Å². The molecule has 1 N–H and O–H groups in total. The molecule has 1 unspecified atom stereocenters. The Bertz CT molecular complexity index is 763. The monoisotopic (exact) mass is 299 g/mol. The summed E-state index contributed by atoms with van der Waals surface area (Å²) in [6.07, 6.45) is 0. The molecule has 0 radical (unpaired) electrons. The van der Waals surface area contributed by atoms with E-state index in [1.165, 1.54) is 10.4 Å². The zero-order valence-electron chi connectivity index (χ0n) is 12.2. The van der Waals surface area contributed by atoms with E-state index in [1.807, 2.05) is 30.3 Å². The highest BCUT2D eigenvalue weighted by Crippen LogP contribution is 2.32. The van der Waals surface area contributed by atoms with Gasteiger partial charge in [0.05, 0.1) is 6.04 Å². The fraction of sp³-hybridized carbons (Fsp3) is 0.222. The van der Waals surface area contributed by atoms with Crippen molar-refractivity contribution in [3.8, 4) is 0 Å². The minimum atomic E-state index is -0.161. The molecule has 1 atom stereocenters. The Kier molecular flexibility index (Phi) is 4.04. The van der Waals surface area contributed by atoms with Crippen LogP contribution in [0.15, 0.2) is 47.8 Å². The van der Waals surface area contributed by atoms with Crippen molar-refractivity contribution in [1.82, 2.24) is 5.32 Å². The second-order valence-corrected chi connectivity index (χ2v) is 6.28. The van der Waals surface area contributed by atoms with Crippen LogP contribution in [-0.4, -0.2) is 6.54 Å². The molecule has 2 aromatic carbocycles. The van der Waals surface area contributed by atoms with Crippen LogP contribution in [0, 0.1) is 12.7 Å². The van der Waals surface area contributed by atoms with Crippen LogP contribution >= 0.6 is 11.3 Å². The average molecular weight is 299 g/mol. The number of fused-ring (bicyclic) bond motifs is 1. The lowest BCUT2D eigenvalue weighted by Crippen LogP contribution is -2.21. The molecule has 0 aliphatic carbocycles. The highest BCUT2D eigenvalue weighted by Gasteiger charge is 2.17. The van der Waals surface area contributed by atoms with Gasteiger partial charge in [0.2, 0.25) is 0 Å². The van der Waals surface area contributed by atoms with Crippen LogP contribution in [0.1, 0.15) is 29.0 Å². The van der Waals surface area contributed by atoms with Crippen molar-refractivity contribution < 1.29 is 4.39 Å². The first-order chi connectivity index (χ1) is 10.2. The Balaban J connectivity index is 2.18. The standard InChI is InChI=1S/C18H18FNS/c1-3-20-18(13-10-12(2)21-11-13)16-8-9-17(19)15-7-5-4-6-14(15)16/h4-11,18,20H,3H2,1-2H3. The lowest BCUT2D eigenvalue weighted by Gasteiger charge is -2.19. The molecule has 0 saturated heterocycles. The molecule has 0 fully saturated rings. The quantitative estimate of drug-likeness (QED) is 0.711. The number of aryl methyl sites for hydroxylation is 1. The Hall–Kier alpha value is -1.71. The highest BCUT2D eigenvalue weighted by molar-refractivity contribution is 7.10. The third kappa shape index (κ3) is 2.71. The van der Waals surface area contributed by atoms with E-state index in [0.29, 0.717) is 5.39 Å². The predicted molar refractivity (Wildman–Crippen MR) is 88.5 cm³/mol. The van der Waals surface area contributed by atoms with Gasteiger partial charge in [-0.15, -0.1) is 11.3 Å². The molecule has 3 aromatic rings. The van der Waals surface area contributed by atoms with Crippen LogP contribution in [0.5, 0.6) is 0 Å². The summed E-state index contributed by atoms with van der Waals surface area (Å²) in [4.78, 5) is 1.29. The molecule has 0 bridgehead atoms. The topological polar surface area (TPSA) is 12.0 Å². The molecule has 1 nitrogen and oxygen atoms in total. The average Bonchev–Trinajstić information content (AvgIpc) is 2.92. The largest absolute Gasteiger partial charge is 0.306 e. The van der Waals surface area contributed by atoms with E-state index in [9.17, 15) is 4.39 Å². The summed E-state index contributed by atoms with van der Waals surface area (Å²) in [5.41, 5.74) is 2.38. The Morgan fingerprint density at radius 1 is 1.14 bits per heavy atom. The van der Waals surface area contributed by atoms with E-state index < -0.39 is 0 Å². The van der Waals surface area contributed by atoms with E-state index >= 15 is 0 Å². The second kappa shape index (κ2) is 5.96. The van der Waals surface area contributed by atoms with Crippen molar-refractivity contribution in [1.29, 1.82) is 0 Å². The number of hydrogen-bond acceptors (Lipinski definition) is 2. The van der Waals surface area contributed by atoms with Gasteiger partial charge in [0.1, 0.15) is 5.82 Å². The lowest BCUT2D eigenvalue weighted by molar-refractivity contribution is 0.625. The van der Waals surface area contributed by atoms with Gasteiger partial charge in [0.15, 0.2) is 0 Å². The van der Waals surface area contributed by atoms with Gasteiger partial charge in [0.25, 0.3) is 0 Å². The minimum Gasteiger partial charge on any atom is -0.306 e. The fourth-order valence-corrected chi connectivity index (χ4v) is 3.49. The number of thiophene rings is 1. The molecule has 3 rings (SSSR count). The molecule has 108 valence electrons. The normalized spacial score (nSPS) is 12.7. The summed E-state index contributed by atoms with van der Waals surface area (Å²) in [5.74, 6) is -0.161. The van der Waals surface area contributed by atoms with Crippen molar-refractivity contribution >= 4 is 22.1 Å². The minimum absolute atomic E-state index is 0.102. The summed E-state index contributed by atoms with van der Waals surface area (Å²) < 4.78 is 14.0. The Morgan fingerprint density at radius 2 is 1.90 bits per heavy atom. The van der Waals surface area contributed by atoms with Crippen molar-refractivity contribution in [2.75, 3.05) is 6.54 Å². The maximum Gasteiger partial charge on any atom is 0.131 e. The van der Waals surface area contributed by atoms with E-state index in [4.69, 9.17) is 0 Å². The maximum absolute atomic E-state index is 14.0. The first kappa shape index (κ1) is 14.2. The van der Waals surface area contributed by atoms with Gasteiger partial charge in [-0.05, 0) is 47.5 Å². The molecule has 0 aliphatic heterocycles. The molecular weight excluding hydrogens is 281 g/mol. The third-order valence-electron chi connectivity index (χ3n) is 3.71. The molecule has 21 heavy (non-hydrogen) atoms. The van der Waals surface area contributed by atoms with E-state index in [2.05, 4.69) is 30.6 Å².